The molecule has 3 aromatic rings. The average Bonchev–Trinajstić information content (AvgIpc) is 2.83. The molecule has 10 nitrogen and oxygen atoms in total. The van der Waals surface area contributed by atoms with Crippen molar-refractivity contribution in [3.05, 3.63) is 60.0 Å². The van der Waals surface area contributed by atoms with Gasteiger partial charge in [-0.1, -0.05) is 6.58 Å². The Hall–Kier alpha value is -4.18. The van der Waals surface area contributed by atoms with E-state index in [4.69, 9.17) is 4.74 Å². The Labute approximate surface area is 204 Å². The molecule has 180 valence electrons. The topological polar surface area (TPSA) is 108 Å². The Bertz CT molecular complexity index is 1300. The Kier molecular flexibility index (Phi) is 5.96. The fraction of sp³-hybridized carbons (Fsp3) is 0.280. The van der Waals surface area contributed by atoms with E-state index in [2.05, 4.69) is 79.5 Å². The quantitative estimate of drug-likeness (QED) is 0.480. The number of anilines is 6. The molecule has 5 rings (SSSR count). The van der Waals surface area contributed by atoms with E-state index in [0.717, 1.165) is 37.4 Å². The monoisotopic (exact) mass is 472 g/mol. The minimum absolute atomic E-state index is 0.0363. The number of nitrogens with zero attached hydrogens (tertiary/aromatic N) is 5. The Morgan fingerprint density at radius 3 is 2.60 bits per heavy atom. The van der Waals surface area contributed by atoms with Crippen molar-refractivity contribution < 1.29 is 9.53 Å². The first-order valence-corrected chi connectivity index (χ1v) is 11.5. The molecule has 2 aliphatic heterocycles. The van der Waals surface area contributed by atoms with Gasteiger partial charge in [-0.05, 0) is 56.8 Å². The van der Waals surface area contributed by atoms with Crippen molar-refractivity contribution in [3.8, 4) is 5.75 Å². The number of fused-ring (bicyclic) bond motifs is 1. The third-order valence-electron chi connectivity index (χ3n) is 6.09. The first-order valence-electron chi connectivity index (χ1n) is 11.5. The van der Waals surface area contributed by atoms with Gasteiger partial charge in [-0.3, -0.25) is 4.79 Å². The summed E-state index contributed by atoms with van der Waals surface area (Å²) in [7, 11) is 2.16. The summed E-state index contributed by atoms with van der Waals surface area (Å²) in [5.74, 6) is 1.98. The third kappa shape index (κ3) is 4.87. The zero-order chi connectivity index (χ0) is 24.5. The molecule has 1 aromatic carbocycles. The van der Waals surface area contributed by atoms with E-state index in [9.17, 15) is 4.79 Å². The number of aromatic nitrogens is 3. The largest absolute Gasteiger partial charge is 0.448 e. The maximum Gasteiger partial charge on any atom is 0.292 e. The lowest BCUT2D eigenvalue weighted by Gasteiger charge is -2.35. The molecule has 3 N–H and O–H groups in total. The summed E-state index contributed by atoms with van der Waals surface area (Å²) in [6.45, 7) is 11.8. The standard InChI is InChI=1S/C25H28N8O2/c1-15-13-18(5-6-19(15)33-11-9-32(4)10-12-33)27-25-26-14-16(2)22(31-25)28-21-8-7-20-23(29-21)30-24(34)17(3)35-20/h5-8,13-14H,3,9-12H2,1-2,4H3,(H3,26,27,28,29,30,31,34). The predicted molar refractivity (Wildman–Crippen MR) is 137 cm³/mol. The number of rotatable bonds is 5. The van der Waals surface area contributed by atoms with Crippen molar-refractivity contribution >= 4 is 40.7 Å². The van der Waals surface area contributed by atoms with Crippen molar-refractivity contribution in [1.29, 1.82) is 0 Å². The number of carbonyl (C=O) groups is 1. The zero-order valence-corrected chi connectivity index (χ0v) is 20.1. The SMILES string of the molecule is C=C1Oc2ccc(Nc3nc(Nc4ccc(N5CCN(C)CC5)c(C)c4)ncc3C)nc2NC1=O. The average molecular weight is 473 g/mol. The lowest BCUT2D eigenvalue weighted by atomic mass is 10.1. The highest BCUT2D eigenvalue weighted by molar-refractivity contribution is 6.04. The number of benzene rings is 1. The van der Waals surface area contributed by atoms with E-state index >= 15 is 0 Å². The molecule has 1 saturated heterocycles. The van der Waals surface area contributed by atoms with Gasteiger partial charge in [0.2, 0.25) is 5.95 Å². The maximum atomic E-state index is 11.8. The highest BCUT2D eigenvalue weighted by Gasteiger charge is 2.22. The molecule has 35 heavy (non-hydrogen) atoms. The van der Waals surface area contributed by atoms with Gasteiger partial charge >= 0.3 is 0 Å². The number of aryl methyl sites for hydroxylation is 2. The highest BCUT2D eigenvalue weighted by atomic mass is 16.5. The van der Waals surface area contributed by atoms with E-state index < -0.39 is 5.91 Å². The summed E-state index contributed by atoms with van der Waals surface area (Å²) in [5, 5.41) is 9.16. The zero-order valence-electron chi connectivity index (χ0n) is 20.1. The van der Waals surface area contributed by atoms with Gasteiger partial charge in [-0.25, -0.2) is 9.97 Å². The Morgan fingerprint density at radius 1 is 1.03 bits per heavy atom. The van der Waals surface area contributed by atoms with Gasteiger partial charge in [0.05, 0.1) is 0 Å². The fourth-order valence-corrected chi connectivity index (χ4v) is 4.06. The summed E-state index contributed by atoms with van der Waals surface area (Å²) < 4.78 is 5.38. The molecule has 2 aromatic heterocycles. The fourth-order valence-electron chi connectivity index (χ4n) is 4.06. The summed E-state index contributed by atoms with van der Waals surface area (Å²) in [6.07, 6.45) is 1.75. The molecule has 1 fully saturated rings. The molecule has 1 amide bonds. The number of pyridine rings is 1. The van der Waals surface area contributed by atoms with Gasteiger partial charge in [0, 0.05) is 49.3 Å². The van der Waals surface area contributed by atoms with Crippen LogP contribution in [0.1, 0.15) is 11.1 Å². The molecule has 0 saturated carbocycles. The van der Waals surface area contributed by atoms with E-state index in [1.165, 1.54) is 11.3 Å². The van der Waals surface area contributed by atoms with Crippen LogP contribution in [0.3, 0.4) is 0 Å². The molecular formula is C25H28N8O2. The first-order chi connectivity index (χ1) is 16.9. The first kappa shape index (κ1) is 22.6. The predicted octanol–water partition coefficient (Wildman–Crippen LogP) is 3.57. The lowest BCUT2D eigenvalue weighted by Crippen LogP contribution is -2.44. The maximum absolute atomic E-state index is 11.8. The van der Waals surface area contributed by atoms with Crippen molar-refractivity contribution in [1.82, 2.24) is 19.9 Å². The number of piperazine rings is 1. The van der Waals surface area contributed by atoms with E-state index in [1.807, 2.05) is 6.92 Å². The summed E-state index contributed by atoms with van der Waals surface area (Å²) in [5.41, 5.74) is 4.23. The van der Waals surface area contributed by atoms with Crippen molar-refractivity contribution in [2.75, 3.05) is 54.1 Å². The lowest BCUT2D eigenvalue weighted by molar-refractivity contribution is -0.115. The van der Waals surface area contributed by atoms with Crippen LogP contribution in [0, 0.1) is 13.8 Å². The van der Waals surface area contributed by atoms with Crippen LogP contribution in [0.15, 0.2) is 48.9 Å². The number of nitrogens with one attached hydrogen (secondary N) is 3. The highest BCUT2D eigenvalue weighted by Crippen LogP contribution is 2.31. The third-order valence-corrected chi connectivity index (χ3v) is 6.09. The normalized spacial score (nSPS) is 15.8. The molecule has 0 spiro atoms. The van der Waals surface area contributed by atoms with Gasteiger partial charge in [0.1, 0.15) is 11.6 Å². The van der Waals surface area contributed by atoms with E-state index in [1.54, 1.807) is 18.3 Å². The molecular weight excluding hydrogens is 444 g/mol. The molecule has 0 bridgehead atoms. The van der Waals surface area contributed by atoms with Gasteiger partial charge in [-0.15, -0.1) is 0 Å². The molecule has 2 aliphatic rings. The number of carbonyl (C=O) groups excluding carboxylic acids is 1. The van der Waals surface area contributed by atoms with Crippen LogP contribution in [-0.2, 0) is 4.79 Å². The second kappa shape index (κ2) is 9.22. The summed E-state index contributed by atoms with van der Waals surface area (Å²) in [6, 6.07) is 9.79. The Morgan fingerprint density at radius 2 is 1.83 bits per heavy atom. The molecule has 0 unspecified atom stereocenters. The van der Waals surface area contributed by atoms with E-state index in [0.29, 0.717) is 29.2 Å². The number of likely N-dealkylation sites (N-methyl/N-ethyl adjacent to an activating group) is 1. The second-order valence-electron chi connectivity index (χ2n) is 8.79. The van der Waals surface area contributed by atoms with Gasteiger partial charge in [-0.2, -0.15) is 4.98 Å². The Balaban J connectivity index is 1.31. The van der Waals surface area contributed by atoms with Crippen LogP contribution in [-0.4, -0.2) is 59.0 Å². The molecule has 10 heteroatoms. The van der Waals surface area contributed by atoms with Crippen LogP contribution in [0.2, 0.25) is 0 Å². The molecule has 0 aliphatic carbocycles. The summed E-state index contributed by atoms with van der Waals surface area (Å²) >= 11 is 0. The number of ether oxygens (including phenoxy) is 1. The van der Waals surface area contributed by atoms with Crippen LogP contribution in [0.25, 0.3) is 0 Å². The molecule has 0 atom stereocenters. The van der Waals surface area contributed by atoms with Crippen LogP contribution >= 0.6 is 0 Å². The van der Waals surface area contributed by atoms with Gasteiger partial charge in [0.25, 0.3) is 5.91 Å². The van der Waals surface area contributed by atoms with Crippen molar-refractivity contribution in [3.63, 3.8) is 0 Å². The van der Waals surface area contributed by atoms with Crippen LogP contribution < -0.4 is 25.6 Å². The number of hydrogen-bond donors (Lipinski definition) is 3. The van der Waals surface area contributed by atoms with Crippen molar-refractivity contribution in [2.45, 2.75) is 13.8 Å². The smallest absolute Gasteiger partial charge is 0.292 e. The van der Waals surface area contributed by atoms with Crippen LogP contribution in [0.4, 0.5) is 34.8 Å². The number of hydrogen-bond acceptors (Lipinski definition) is 9. The minimum atomic E-state index is -0.416. The second-order valence-corrected chi connectivity index (χ2v) is 8.79. The van der Waals surface area contributed by atoms with Gasteiger partial charge in [0.15, 0.2) is 17.3 Å². The van der Waals surface area contributed by atoms with Crippen molar-refractivity contribution in [2.24, 2.45) is 0 Å². The van der Waals surface area contributed by atoms with E-state index in [-0.39, 0.29) is 5.76 Å². The molecule has 0 radical (unpaired) electrons. The summed E-state index contributed by atoms with van der Waals surface area (Å²) in [4.78, 5) is 30.1. The van der Waals surface area contributed by atoms with Gasteiger partial charge < -0.3 is 30.5 Å². The number of amides is 1. The molecule has 4 heterocycles. The minimum Gasteiger partial charge on any atom is -0.448 e. The van der Waals surface area contributed by atoms with Crippen LogP contribution in [0.5, 0.6) is 5.75 Å².